The second-order valence-corrected chi connectivity index (χ2v) is 4.96. The monoisotopic (exact) mass is 285 g/mol. The summed E-state index contributed by atoms with van der Waals surface area (Å²) < 4.78 is 5.14. The van der Waals surface area contributed by atoms with Crippen molar-refractivity contribution in [3.8, 4) is 5.75 Å². The van der Waals surface area contributed by atoms with Crippen molar-refractivity contribution < 1.29 is 9.53 Å². The molecular weight excluding hydrogens is 273 g/mol. The topological polar surface area (TPSA) is 29.5 Å². The molecular formula is C13H13Cl2NO2. The number of nitrogens with zero attached hydrogens (tertiary/aromatic N) is 1. The maximum atomic E-state index is 11.9. The van der Waals surface area contributed by atoms with E-state index in [4.69, 9.17) is 27.9 Å². The molecule has 0 aliphatic carbocycles. The van der Waals surface area contributed by atoms with Crippen LogP contribution in [0.15, 0.2) is 24.8 Å². The van der Waals surface area contributed by atoms with E-state index in [0.29, 0.717) is 34.4 Å². The maximum Gasteiger partial charge on any atom is 0.227 e. The van der Waals surface area contributed by atoms with Crippen LogP contribution in [-0.2, 0) is 4.79 Å². The molecule has 2 rings (SSSR count). The molecule has 1 fully saturated rings. The number of benzene rings is 1. The van der Waals surface area contributed by atoms with Crippen LogP contribution in [0.4, 0.5) is 5.69 Å². The number of carbonyl (C=O) groups excluding carboxylic acids is 1. The van der Waals surface area contributed by atoms with Crippen LogP contribution in [-0.4, -0.2) is 19.6 Å². The predicted molar refractivity (Wildman–Crippen MR) is 73.7 cm³/mol. The molecule has 5 heteroatoms. The van der Waals surface area contributed by atoms with Crippen molar-refractivity contribution in [3.05, 3.63) is 34.8 Å². The number of ether oxygens (including phenoxy) is 1. The van der Waals surface area contributed by atoms with E-state index >= 15 is 0 Å². The lowest BCUT2D eigenvalue weighted by molar-refractivity contribution is -0.117. The Morgan fingerprint density at radius 2 is 2.17 bits per heavy atom. The van der Waals surface area contributed by atoms with Gasteiger partial charge in [-0.15, -0.1) is 6.58 Å². The number of rotatable bonds is 3. The molecule has 1 atom stereocenters. The van der Waals surface area contributed by atoms with Crippen LogP contribution in [0.3, 0.4) is 0 Å². The molecule has 1 aromatic rings. The highest BCUT2D eigenvalue weighted by atomic mass is 35.5. The van der Waals surface area contributed by atoms with Crippen LogP contribution in [0.5, 0.6) is 5.75 Å². The van der Waals surface area contributed by atoms with E-state index < -0.39 is 0 Å². The average molecular weight is 286 g/mol. The molecule has 0 N–H and O–H groups in total. The van der Waals surface area contributed by atoms with Crippen molar-refractivity contribution in [2.75, 3.05) is 18.6 Å². The first-order valence-electron chi connectivity index (χ1n) is 5.52. The molecule has 1 unspecified atom stereocenters. The van der Waals surface area contributed by atoms with Gasteiger partial charge in [0, 0.05) is 24.9 Å². The third kappa shape index (κ3) is 2.33. The first-order valence-corrected chi connectivity index (χ1v) is 6.28. The van der Waals surface area contributed by atoms with E-state index in [0.717, 1.165) is 0 Å². The molecule has 1 heterocycles. The third-order valence-electron chi connectivity index (χ3n) is 3.00. The molecule has 3 nitrogen and oxygen atoms in total. The zero-order valence-corrected chi connectivity index (χ0v) is 11.5. The summed E-state index contributed by atoms with van der Waals surface area (Å²) in [6.07, 6.45) is 2.25. The minimum absolute atomic E-state index is 0.0335. The fourth-order valence-corrected chi connectivity index (χ4v) is 2.57. The first kappa shape index (κ1) is 13.2. The SMILES string of the molecule is C=CC1CC(=O)N(c2cc(OC)c(Cl)cc2Cl)C1. The van der Waals surface area contributed by atoms with Gasteiger partial charge in [-0.25, -0.2) is 0 Å². The molecule has 96 valence electrons. The number of carbonyl (C=O) groups is 1. The number of hydrogen-bond donors (Lipinski definition) is 0. The largest absolute Gasteiger partial charge is 0.495 e. The minimum Gasteiger partial charge on any atom is -0.495 e. The Morgan fingerprint density at radius 1 is 1.44 bits per heavy atom. The van der Waals surface area contributed by atoms with Gasteiger partial charge in [0.1, 0.15) is 5.75 Å². The Morgan fingerprint density at radius 3 is 2.72 bits per heavy atom. The molecule has 0 spiro atoms. The summed E-state index contributed by atoms with van der Waals surface area (Å²) in [6.45, 7) is 4.31. The summed E-state index contributed by atoms with van der Waals surface area (Å²) in [6, 6.07) is 3.28. The van der Waals surface area contributed by atoms with Gasteiger partial charge in [0.15, 0.2) is 0 Å². The lowest BCUT2D eigenvalue weighted by atomic mass is 10.1. The quantitative estimate of drug-likeness (QED) is 0.795. The molecule has 1 aromatic carbocycles. The van der Waals surface area contributed by atoms with Crippen molar-refractivity contribution in [2.24, 2.45) is 5.92 Å². The Labute approximate surface area is 116 Å². The van der Waals surface area contributed by atoms with Gasteiger partial charge in [-0.3, -0.25) is 4.79 Å². The zero-order valence-electron chi connectivity index (χ0n) is 9.95. The number of halogens is 2. The molecule has 0 saturated carbocycles. The van der Waals surface area contributed by atoms with Crippen molar-refractivity contribution >= 4 is 34.8 Å². The molecule has 0 bridgehead atoms. The molecule has 1 amide bonds. The Kier molecular flexibility index (Phi) is 3.83. The van der Waals surface area contributed by atoms with E-state index in [2.05, 4.69) is 6.58 Å². The van der Waals surface area contributed by atoms with Gasteiger partial charge in [-0.2, -0.15) is 0 Å². The fraction of sp³-hybridized carbons (Fsp3) is 0.308. The van der Waals surface area contributed by atoms with E-state index in [1.807, 2.05) is 0 Å². The van der Waals surface area contributed by atoms with Gasteiger partial charge >= 0.3 is 0 Å². The smallest absolute Gasteiger partial charge is 0.227 e. The van der Waals surface area contributed by atoms with Crippen LogP contribution in [0, 0.1) is 5.92 Å². The second-order valence-electron chi connectivity index (χ2n) is 4.14. The van der Waals surface area contributed by atoms with Gasteiger partial charge in [0.05, 0.1) is 22.8 Å². The molecule has 1 saturated heterocycles. The molecule has 0 radical (unpaired) electrons. The number of hydrogen-bond acceptors (Lipinski definition) is 2. The lowest BCUT2D eigenvalue weighted by Gasteiger charge is -2.19. The molecule has 0 aromatic heterocycles. The van der Waals surface area contributed by atoms with Crippen molar-refractivity contribution in [3.63, 3.8) is 0 Å². The van der Waals surface area contributed by atoms with Crippen LogP contribution in [0.25, 0.3) is 0 Å². The van der Waals surface area contributed by atoms with E-state index in [-0.39, 0.29) is 11.8 Å². The predicted octanol–water partition coefficient (Wildman–Crippen LogP) is 3.54. The van der Waals surface area contributed by atoms with Crippen molar-refractivity contribution in [1.29, 1.82) is 0 Å². The number of amides is 1. The second kappa shape index (κ2) is 5.21. The summed E-state index contributed by atoms with van der Waals surface area (Å²) >= 11 is 12.1. The van der Waals surface area contributed by atoms with E-state index in [9.17, 15) is 4.79 Å². The highest BCUT2D eigenvalue weighted by molar-refractivity contribution is 6.37. The Balaban J connectivity index is 2.39. The highest BCUT2D eigenvalue weighted by Crippen LogP contribution is 2.38. The minimum atomic E-state index is 0.0335. The summed E-state index contributed by atoms with van der Waals surface area (Å²) in [5, 5.41) is 0.872. The summed E-state index contributed by atoms with van der Waals surface area (Å²) in [7, 11) is 1.53. The molecule has 1 aliphatic rings. The van der Waals surface area contributed by atoms with Crippen LogP contribution >= 0.6 is 23.2 Å². The standard InChI is InChI=1S/C13H13Cl2NO2/c1-3-8-4-13(17)16(7-8)11-6-12(18-2)10(15)5-9(11)14/h3,5-6,8H,1,4,7H2,2H3. The van der Waals surface area contributed by atoms with E-state index in [1.165, 1.54) is 7.11 Å². The van der Waals surface area contributed by atoms with Crippen LogP contribution in [0.2, 0.25) is 10.0 Å². The number of anilines is 1. The Bertz CT molecular complexity index is 502. The number of methoxy groups -OCH3 is 1. The summed E-state index contributed by atoms with van der Waals surface area (Å²) in [5.41, 5.74) is 0.632. The van der Waals surface area contributed by atoms with Gasteiger partial charge in [-0.1, -0.05) is 29.3 Å². The van der Waals surface area contributed by atoms with Crippen molar-refractivity contribution in [2.45, 2.75) is 6.42 Å². The highest BCUT2D eigenvalue weighted by Gasteiger charge is 2.30. The van der Waals surface area contributed by atoms with Crippen LogP contribution < -0.4 is 9.64 Å². The van der Waals surface area contributed by atoms with Gasteiger partial charge in [0.25, 0.3) is 0 Å². The average Bonchev–Trinajstić information content (AvgIpc) is 2.71. The van der Waals surface area contributed by atoms with Crippen molar-refractivity contribution in [1.82, 2.24) is 0 Å². The molecule has 18 heavy (non-hydrogen) atoms. The first-order chi connectivity index (χ1) is 8.56. The lowest BCUT2D eigenvalue weighted by Crippen LogP contribution is -2.24. The summed E-state index contributed by atoms with van der Waals surface area (Å²) in [5.74, 6) is 0.701. The third-order valence-corrected chi connectivity index (χ3v) is 3.60. The van der Waals surface area contributed by atoms with Gasteiger partial charge in [0.2, 0.25) is 5.91 Å². The zero-order chi connectivity index (χ0) is 13.3. The molecule has 1 aliphatic heterocycles. The maximum absolute atomic E-state index is 11.9. The Hall–Kier alpha value is -1.19. The van der Waals surface area contributed by atoms with Crippen LogP contribution in [0.1, 0.15) is 6.42 Å². The summed E-state index contributed by atoms with van der Waals surface area (Å²) in [4.78, 5) is 13.6. The van der Waals surface area contributed by atoms with Gasteiger partial charge in [-0.05, 0) is 6.07 Å². The normalized spacial score (nSPS) is 19.2. The fourth-order valence-electron chi connectivity index (χ4n) is 2.01. The van der Waals surface area contributed by atoms with E-state index in [1.54, 1.807) is 23.1 Å². The van der Waals surface area contributed by atoms with Gasteiger partial charge < -0.3 is 9.64 Å².